The van der Waals surface area contributed by atoms with Gasteiger partial charge in [0.25, 0.3) is 0 Å². The first-order valence-electron chi connectivity index (χ1n) is 13.4. The quantitative estimate of drug-likeness (QED) is 0.299. The topological polar surface area (TPSA) is 105 Å². The predicted molar refractivity (Wildman–Crippen MR) is 164 cm³/mol. The second-order valence-corrected chi connectivity index (χ2v) is 12.8. The van der Waals surface area contributed by atoms with E-state index in [2.05, 4.69) is 5.32 Å². The summed E-state index contributed by atoms with van der Waals surface area (Å²) in [5.74, 6) is -0.111. The number of fused-ring (bicyclic) bond motifs is 1. The van der Waals surface area contributed by atoms with Gasteiger partial charge in [0.05, 0.1) is 11.9 Å². The van der Waals surface area contributed by atoms with E-state index in [9.17, 15) is 18.0 Å². The van der Waals surface area contributed by atoms with Gasteiger partial charge in [-0.2, -0.15) is 0 Å². The van der Waals surface area contributed by atoms with Gasteiger partial charge in [0, 0.05) is 35.1 Å². The summed E-state index contributed by atoms with van der Waals surface area (Å²) in [5, 5.41) is 3.73. The fourth-order valence-electron chi connectivity index (χ4n) is 4.48. The number of carbonyl (C=O) groups excluding carboxylic acids is 2. The van der Waals surface area contributed by atoms with Crippen molar-refractivity contribution in [3.63, 3.8) is 0 Å². The summed E-state index contributed by atoms with van der Waals surface area (Å²) in [5.41, 5.74) is 1.61. The molecule has 1 aliphatic rings. The zero-order chi connectivity index (χ0) is 30.4. The SMILES string of the molecule is CC[C@@H](C)NC(=O)[C@@H](Cc1ccccc1)N(Cc1ccc(Cl)cc1Cl)C(=O)CN(c1ccc2c(c1)OCO2)S(C)(=O)=O. The standard InChI is InChI=1S/C30H33Cl2N3O6S/c1-4-20(2)33-30(37)26(14-21-8-6-5-7-9-21)34(17-22-10-11-23(31)15-25(22)32)29(36)18-35(42(3,38)39)24-12-13-27-28(16-24)41-19-40-27/h5-13,15-16,20,26H,4,14,17-19H2,1-3H3,(H,33,37)/t20-,26-/m1/s1. The molecule has 0 saturated carbocycles. The first-order chi connectivity index (χ1) is 20.0. The maximum atomic E-state index is 14.2. The van der Waals surface area contributed by atoms with Crippen LogP contribution in [-0.4, -0.2) is 56.8 Å². The van der Waals surface area contributed by atoms with Gasteiger partial charge in [0.1, 0.15) is 12.6 Å². The maximum Gasteiger partial charge on any atom is 0.244 e. The fourth-order valence-corrected chi connectivity index (χ4v) is 5.79. The summed E-state index contributed by atoms with van der Waals surface area (Å²) in [6.45, 7) is 3.22. The third kappa shape index (κ3) is 7.87. The van der Waals surface area contributed by atoms with Gasteiger partial charge in [-0.15, -0.1) is 0 Å². The van der Waals surface area contributed by atoms with Crippen LogP contribution in [0.3, 0.4) is 0 Å². The van der Waals surface area contributed by atoms with Crippen LogP contribution in [0.2, 0.25) is 10.0 Å². The monoisotopic (exact) mass is 633 g/mol. The molecule has 0 spiro atoms. The van der Waals surface area contributed by atoms with Crippen molar-refractivity contribution in [1.82, 2.24) is 10.2 Å². The van der Waals surface area contributed by atoms with Crippen molar-refractivity contribution >= 4 is 50.7 Å². The number of sulfonamides is 1. The van der Waals surface area contributed by atoms with Crippen molar-refractivity contribution < 1.29 is 27.5 Å². The number of ether oxygens (including phenoxy) is 2. The van der Waals surface area contributed by atoms with Crippen LogP contribution in [0.1, 0.15) is 31.4 Å². The molecule has 0 unspecified atom stereocenters. The Bertz CT molecular complexity index is 1540. The predicted octanol–water partition coefficient (Wildman–Crippen LogP) is 5.04. The second-order valence-electron chi connectivity index (χ2n) is 10.1. The normalized spacial score (nSPS) is 13.7. The average Bonchev–Trinajstić information content (AvgIpc) is 3.42. The molecular weight excluding hydrogens is 601 g/mol. The Kier molecular flexibility index (Phi) is 10.2. The number of halogens is 2. The highest BCUT2D eigenvalue weighted by Crippen LogP contribution is 2.36. The van der Waals surface area contributed by atoms with E-state index in [-0.39, 0.29) is 37.4 Å². The molecule has 1 heterocycles. The average molecular weight is 635 g/mol. The van der Waals surface area contributed by atoms with Crippen molar-refractivity contribution in [1.29, 1.82) is 0 Å². The Hall–Kier alpha value is -3.47. The third-order valence-corrected chi connectivity index (χ3v) is 8.68. The van der Waals surface area contributed by atoms with E-state index >= 15 is 0 Å². The highest BCUT2D eigenvalue weighted by molar-refractivity contribution is 7.92. The first-order valence-corrected chi connectivity index (χ1v) is 16.0. The summed E-state index contributed by atoms with van der Waals surface area (Å²) >= 11 is 12.6. The Morgan fingerprint density at radius 1 is 1.00 bits per heavy atom. The van der Waals surface area contributed by atoms with E-state index in [0.29, 0.717) is 33.5 Å². The Balaban J connectivity index is 1.75. The van der Waals surface area contributed by atoms with E-state index in [1.54, 1.807) is 30.3 Å². The molecule has 4 rings (SSSR count). The van der Waals surface area contributed by atoms with Gasteiger partial charge in [-0.05, 0) is 48.7 Å². The number of hydrogen-bond acceptors (Lipinski definition) is 6. The van der Waals surface area contributed by atoms with Crippen LogP contribution in [0, 0.1) is 0 Å². The second kappa shape index (κ2) is 13.7. The molecule has 0 aromatic heterocycles. The van der Waals surface area contributed by atoms with E-state index in [4.69, 9.17) is 32.7 Å². The smallest absolute Gasteiger partial charge is 0.244 e. The maximum absolute atomic E-state index is 14.2. The number of anilines is 1. The van der Waals surface area contributed by atoms with Gasteiger partial charge in [-0.3, -0.25) is 13.9 Å². The molecule has 12 heteroatoms. The first kappa shape index (κ1) is 31.5. The summed E-state index contributed by atoms with van der Waals surface area (Å²) < 4.78 is 37.7. The molecule has 2 atom stereocenters. The Labute approximate surface area is 256 Å². The van der Waals surface area contributed by atoms with Gasteiger partial charge in [-0.25, -0.2) is 8.42 Å². The molecule has 0 aliphatic carbocycles. The number of amides is 2. The third-order valence-electron chi connectivity index (χ3n) is 6.95. The molecule has 1 aliphatic heterocycles. The van der Waals surface area contributed by atoms with Crippen LogP contribution < -0.4 is 19.1 Å². The minimum atomic E-state index is -3.93. The van der Waals surface area contributed by atoms with E-state index < -0.39 is 28.5 Å². The number of hydrogen-bond donors (Lipinski definition) is 1. The Morgan fingerprint density at radius 3 is 2.38 bits per heavy atom. The van der Waals surface area contributed by atoms with Gasteiger partial charge < -0.3 is 19.7 Å². The van der Waals surface area contributed by atoms with E-state index in [0.717, 1.165) is 16.1 Å². The summed E-state index contributed by atoms with van der Waals surface area (Å²) in [6.07, 6.45) is 1.90. The zero-order valence-corrected chi connectivity index (χ0v) is 25.9. The zero-order valence-electron chi connectivity index (χ0n) is 23.5. The minimum absolute atomic E-state index is 0.0126. The number of carbonyl (C=O) groups is 2. The van der Waals surface area contributed by atoms with Crippen molar-refractivity contribution in [2.24, 2.45) is 0 Å². The molecule has 1 N–H and O–H groups in total. The van der Waals surface area contributed by atoms with Crippen molar-refractivity contribution in [2.45, 2.75) is 45.3 Å². The van der Waals surface area contributed by atoms with Gasteiger partial charge in [0.15, 0.2) is 11.5 Å². The molecule has 0 bridgehead atoms. The van der Waals surface area contributed by atoms with Crippen LogP contribution in [0.25, 0.3) is 0 Å². The minimum Gasteiger partial charge on any atom is -0.454 e. The van der Waals surface area contributed by atoms with Crippen molar-refractivity contribution in [3.05, 3.63) is 87.9 Å². The van der Waals surface area contributed by atoms with Crippen LogP contribution in [-0.2, 0) is 32.6 Å². The molecule has 2 amide bonds. The molecule has 3 aromatic carbocycles. The van der Waals surface area contributed by atoms with Gasteiger partial charge in [-0.1, -0.05) is 66.5 Å². The Morgan fingerprint density at radius 2 is 1.71 bits per heavy atom. The lowest BCUT2D eigenvalue weighted by Gasteiger charge is -2.34. The molecule has 9 nitrogen and oxygen atoms in total. The molecule has 0 radical (unpaired) electrons. The lowest BCUT2D eigenvalue weighted by molar-refractivity contribution is -0.140. The molecule has 0 saturated heterocycles. The van der Waals surface area contributed by atoms with Gasteiger partial charge in [0.2, 0.25) is 28.6 Å². The van der Waals surface area contributed by atoms with Gasteiger partial charge >= 0.3 is 0 Å². The largest absolute Gasteiger partial charge is 0.454 e. The molecule has 224 valence electrons. The summed E-state index contributed by atoms with van der Waals surface area (Å²) in [6, 6.07) is 17.7. The summed E-state index contributed by atoms with van der Waals surface area (Å²) in [7, 11) is -3.93. The fraction of sp³-hybridized carbons (Fsp3) is 0.333. The van der Waals surface area contributed by atoms with Crippen LogP contribution in [0.15, 0.2) is 66.7 Å². The van der Waals surface area contributed by atoms with Crippen molar-refractivity contribution in [3.8, 4) is 11.5 Å². The molecule has 42 heavy (non-hydrogen) atoms. The van der Waals surface area contributed by atoms with Crippen LogP contribution in [0.4, 0.5) is 5.69 Å². The number of nitrogens with zero attached hydrogens (tertiary/aromatic N) is 2. The lowest BCUT2D eigenvalue weighted by Crippen LogP contribution is -2.54. The molecular formula is C30H33Cl2N3O6S. The van der Waals surface area contributed by atoms with Crippen LogP contribution >= 0.6 is 23.2 Å². The lowest BCUT2D eigenvalue weighted by atomic mass is 10.0. The van der Waals surface area contributed by atoms with E-state index in [1.807, 2.05) is 44.2 Å². The van der Waals surface area contributed by atoms with Crippen LogP contribution in [0.5, 0.6) is 11.5 Å². The summed E-state index contributed by atoms with van der Waals surface area (Å²) in [4.78, 5) is 29.3. The molecule has 3 aromatic rings. The molecule has 0 fully saturated rings. The highest BCUT2D eigenvalue weighted by Gasteiger charge is 2.34. The number of rotatable bonds is 12. The van der Waals surface area contributed by atoms with Crippen molar-refractivity contribution in [2.75, 3.05) is 23.9 Å². The number of nitrogens with one attached hydrogen (secondary N) is 1. The highest BCUT2D eigenvalue weighted by atomic mass is 35.5. The van der Waals surface area contributed by atoms with E-state index in [1.165, 1.54) is 11.0 Å². The number of benzene rings is 3.